The highest BCUT2D eigenvalue weighted by atomic mass is 19.4. The van der Waals surface area contributed by atoms with Crippen molar-refractivity contribution in [2.45, 2.75) is 33.4 Å². The summed E-state index contributed by atoms with van der Waals surface area (Å²) >= 11 is 0. The molecule has 1 aromatic heterocycles. The van der Waals surface area contributed by atoms with Crippen LogP contribution in [0.25, 0.3) is 5.70 Å². The number of H-pyrrole nitrogens is 1. The maximum Gasteiger partial charge on any atom is 0.416 e. The third kappa shape index (κ3) is 7.19. The van der Waals surface area contributed by atoms with E-state index in [4.69, 9.17) is 5.84 Å². The maximum atomic E-state index is 13.8. The predicted octanol–water partition coefficient (Wildman–Crippen LogP) is 4.73. The van der Waals surface area contributed by atoms with Gasteiger partial charge in [0, 0.05) is 67.6 Å². The lowest BCUT2D eigenvalue weighted by molar-refractivity contribution is -0.137. The normalized spacial score (nSPS) is 14.7. The highest BCUT2D eigenvalue weighted by Crippen LogP contribution is 2.35. The molecule has 0 aliphatic carbocycles. The van der Waals surface area contributed by atoms with E-state index < -0.39 is 17.6 Å². The molecule has 5 N–H and O–H groups in total. The Morgan fingerprint density at radius 3 is 2.49 bits per heavy atom. The third-order valence-electron chi connectivity index (χ3n) is 7.19. The molecule has 0 bridgehead atoms. The lowest BCUT2D eigenvalue weighted by atomic mass is 10.1. The highest BCUT2D eigenvalue weighted by molar-refractivity contribution is 6.05. The number of hydrogen-bond acceptors (Lipinski definition) is 7. The Kier molecular flexibility index (Phi) is 9.24. The fraction of sp³-hybridized carbons (Fsp3) is 0.379. The van der Waals surface area contributed by atoms with Gasteiger partial charge in [-0.25, -0.2) is 5.84 Å². The van der Waals surface area contributed by atoms with Crippen molar-refractivity contribution in [3.05, 3.63) is 76.7 Å². The van der Waals surface area contributed by atoms with Crippen molar-refractivity contribution in [3.63, 3.8) is 0 Å². The molecule has 0 spiro atoms. The van der Waals surface area contributed by atoms with Gasteiger partial charge in [-0.05, 0) is 62.7 Å². The summed E-state index contributed by atoms with van der Waals surface area (Å²) in [5, 5.41) is 14.1. The van der Waals surface area contributed by atoms with Crippen LogP contribution in [0.15, 0.2) is 48.8 Å². The standard InChI is InChI=1S/C29H37F3N8O/c1-5-8-38-9-11-39(12-10-38)24-15-22(29(30,31)32)14-23(16-24)36-28(41)21-7-6-19(2)27(13-21)40(33)18-26(34-4)25-17-35-37-20(25)3/h6-7,13-18,34H,5,8-12,33H2,1-4H3,(H,35,37)(H,36,41)/b26-18-. The average molecular weight is 571 g/mol. The van der Waals surface area contributed by atoms with Crippen LogP contribution in [-0.2, 0) is 6.18 Å². The number of aryl methyl sites for hydroxylation is 2. The van der Waals surface area contributed by atoms with E-state index in [9.17, 15) is 18.0 Å². The summed E-state index contributed by atoms with van der Waals surface area (Å²) in [6, 6.07) is 8.68. The largest absolute Gasteiger partial charge is 0.416 e. The quantitative estimate of drug-likeness (QED) is 0.218. The number of hydrogen-bond donors (Lipinski definition) is 4. The molecule has 0 unspecified atom stereocenters. The van der Waals surface area contributed by atoms with E-state index >= 15 is 0 Å². The number of halogens is 3. The Balaban J connectivity index is 1.58. The van der Waals surface area contributed by atoms with Gasteiger partial charge in [0.2, 0.25) is 0 Å². The predicted molar refractivity (Wildman–Crippen MR) is 157 cm³/mol. The number of nitrogens with two attached hydrogens (primary N) is 1. The summed E-state index contributed by atoms with van der Waals surface area (Å²) in [4.78, 5) is 17.5. The van der Waals surface area contributed by atoms with Crippen LogP contribution in [0, 0.1) is 13.8 Å². The fourth-order valence-corrected chi connectivity index (χ4v) is 4.91. The molecule has 1 saturated heterocycles. The van der Waals surface area contributed by atoms with Crippen molar-refractivity contribution in [1.82, 2.24) is 20.4 Å². The first-order valence-electron chi connectivity index (χ1n) is 13.6. The van der Waals surface area contributed by atoms with Gasteiger partial charge in [-0.1, -0.05) is 13.0 Å². The van der Waals surface area contributed by atoms with Crippen LogP contribution in [0.2, 0.25) is 0 Å². The monoisotopic (exact) mass is 570 g/mol. The fourth-order valence-electron chi connectivity index (χ4n) is 4.91. The molecule has 1 aliphatic heterocycles. The Morgan fingerprint density at radius 1 is 1.15 bits per heavy atom. The number of amides is 1. The number of aromatic amines is 1. The van der Waals surface area contributed by atoms with E-state index in [1.807, 2.05) is 18.7 Å². The number of nitrogens with zero attached hydrogens (tertiary/aromatic N) is 4. The zero-order chi connectivity index (χ0) is 29.7. The van der Waals surface area contributed by atoms with E-state index in [1.54, 1.807) is 43.7 Å². The van der Waals surface area contributed by atoms with E-state index in [-0.39, 0.29) is 11.3 Å². The van der Waals surface area contributed by atoms with Crippen molar-refractivity contribution in [2.75, 3.05) is 55.0 Å². The Hall–Kier alpha value is -4.03. The molecule has 1 aliphatic rings. The van der Waals surface area contributed by atoms with E-state index in [0.717, 1.165) is 55.0 Å². The second-order valence-corrected chi connectivity index (χ2v) is 10.2. The molecule has 12 heteroatoms. The molecule has 2 heterocycles. The minimum absolute atomic E-state index is 0.0790. The second kappa shape index (κ2) is 12.6. The summed E-state index contributed by atoms with van der Waals surface area (Å²) in [6.07, 6.45) is -0.168. The van der Waals surface area contributed by atoms with E-state index in [0.29, 0.717) is 30.2 Å². The lowest BCUT2D eigenvalue weighted by Gasteiger charge is -2.36. The molecule has 41 heavy (non-hydrogen) atoms. The first kappa shape index (κ1) is 29.9. The number of aromatic nitrogens is 2. The molecule has 2 aromatic carbocycles. The van der Waals surface area contributed by atoms with Crippen LogP contribution < -0.4 is 26.4 Å². The first-order chi connectivity index (χ1) is 19.5. The van der Waals surface area contributed by atoms with Gasteiger partial charge >= 0.3 is 6.18 Å². The number of benzene rings is 2. The van der Waals surface area contributed by atoms with Gasteiger partial charge in [0.1, 0.15) is 0 Å². The molecule has 1 fully saturated rings. The number of carbonyl (C=O) groups excluding carboxylic acids is 1. The molecular formula is C29H37F3N8O. The van der Waals surface area contributed by atoms with Crippen molar-refractivity contribution < 1.29 is 18.0 Å². The summed E-state index contributed by atoms with van der Waals surface area (Å²) in [7, 11) is 1.76. The van der Waals surface area contributed by atoms with Crippen molar-refractivity contribution in [1.29, 1.82) is 0 Å². The third-order valence-corrected chi connectivity index (χ3v) is 7.19. The number of nitrogens with one attached hydrogen (secondary N) is 3. The van der Waals surface area contributed by atoms with Crippen LogP contribution in [0.1, 0.15) is 46.1 Å². The zero-order valence-corrected chi connectivity index (χ0v) is 23.8. The maximum absolute atomic E-state index is 13.8. The topological polar surface area (TPSA) is 106 Å². The highest BCUT2D eigenvalue weighted by Gasteiger charge is 2.32. The van der Waals surface area contributed by atoms with Crippen LogP contribution in [0.5, 0.6) is 0 Å². The molecule has 220 valence electrons. The summed E-state index contributed by atoms with van der Waals surface area (Å²) in [6.45, 7) is 9.59. The van der Waals surface area contributed by atoms with Crippen LogP contribution in [0.4, 0.5) is 30.2 Å². The summed E-state index contributed by atoms with van der Waals surface area (Å²) in [5.74, 6) is 5.83. The molecule has 9 nitrogen and oxygen atoms in total. The van der Waals surface area contributed by atoms with Gasteiger partial charge < -0.3 is 15.5 Å². The second-order valence-electron chi connectivity index (χ2n) is 10.2. The Bertz CT molecular complexity index is 1390. The van der Waals surface area contributed by atoms with Gasteiger partial charge in [-0.2, -0.15) is 18.3 Å². The molecule has 3 aromatic rings. The molecule has 0 saturated carbocycles. The minimum atomic E-state index is -4.55. The summed E-state index contributed by atoms with van der Waals surface area (Å²) < 4.78 is 41.4. The van der Waals surface area contributed by atoms with Crippen LogP contribution >= 0.6 is 0 Å². The van der Waals surface area contributed by atoms with Crippen molar-refractivity contribution in [3.8, 4) is 0 Å². The number of piperazine rings is 1. The number of alkyl halides is 3. The van der Waals surface area contributed by atoms with Gasteiger partial charge in [0.05, 0.1) is 23.1 Å². The summed E-state index contributed by atoms with van der Waals surface area (Å²) in [5.41, 5.74) is 3.72. The van der Waals surface area contributed by atoms with Crippen LogP contribution in [-0.4, -0.2) is 60.8 Å². The molecule has 1 amide bonds. The van der Waals surface area contributed by atoms with E-state index in [2.05, 4.69) is 32.7 Å². The number of rotatable bonds is 9. The van der Waals surface area contributed by atoms with Gasteiger partial charge in [0.25, 0.3) is 5.91 Å². The van der Waals surface area contributed by atoms with E-state index in [1.165, 1.54) is 5.01 Å². The molecular weight excluding hydrogens is 533 g/mol. The van der Waals surface area contributed by atoms with Crippen molar-refractivity contribution in [2.24, 2.45) is 5.84 Å². The molecule has 0 radical (unpaired) electrons. The minimum Gasteiger partial charge on any atom is -0.386 e. The number of hydrazine groups is 1. The average Bonchev–Trinajstić information content (AvgIpc) is 3.37. The molecule has 4 rings (SSSR count). The van der Waals surface area contributed by atoms with Crippen molar-refractivity contribution >= 4 is 28.7 Å². The molecule has 0 atom stereocenters. The smallest absolute Gasteiger partial charge is 0.386 e. The first-order valence-corrected chi connectivity index (χ1v) is 13.6. The Morgan fingerprint density at radius 2 is 1.88 bits per heavy atom. The lowest BCUT2D eigenvalue weighted by Crippen LogP contribution is -2.46. The number of anilines is 3. The SMILES string of the molecule is CCCN1CCN(c2cc(NC(=O)c3ccc(C)c(N(N)/C=C(\NC)c4cn[nH]c4C)c3)cc(C(F)(F)F)c2)CC1. The van der Waals surface area contributed by atoms with Gasteiger partial charge in [-0.15, -0.1) is 0 Å². The van der Waals surface area contributed by atoms with Gasteiger partial charge in [0.15, 0.2) is 0 Å². The zero-order valence-electron chi connectivity index (χ0n) is 23.8. The van der Waals surface area contributed by atoms with Crippen LogP contribution in [0.3, 0.4) is 0 Å². The number of carbonyl (C=O) groups is 1. The van der Waals surface area contributed by atoms with Gasteiger partial charge in [-0.3, -0.25) is 19.8 Å². The Labute approximate surface area is 238 Å².